The van der Waals surface area contributed by atoms with Gasteiger partial charge < -0.3 is 28.4 Å². The molecule has 0 amide bonds. The van der Waals surface area contributed by atoms with E-state index in [9.17, 15) is 19.2 Å². The quantitative estimate of drug-likeness (QED) is 0.104. The van der Waals surface area contributed by atoms with E-state index < -0.39 is 54.6 Å². The van der Waals surface area contributed by atoms with Gasteiger partial charge in [0.1, 0.15) is 18.4 Å². The first-order chi connectivity index (χ1) is 27.0. The summed E-state index contributed by atoms with van der Waals surface area (Å²) < 4.78 is 35.9. The maximum Gasteiger partial charge on any atom is 0.303 e. The van der Waals surface area contributed by atoms with Crippen molar-refractivity contribution in [3.05, 3.63) is 23.5 Å². The van der Waals surface area contributed by atoms with Gasteiger partial charge in [-0.25, -0.2) is 4.68 Å². The van der Waals surface area contributed by atoms with Crippen molar-refractivity contribution < 1.29 is 47.6 Å². The van der Waals surface area contributed by atoms with Crippen LogP contribution in [-0.4, -0.2) is 76.2 Å². The number of allylic oxidation sites excluding steroid dienone is 2. The minimum absolute atomic E-state index is 0.0673. The highest BCUT2D eigenvalue weighted by molar-refractivity contribution is 5.68. The Morgan fingerprint density at radius 3 is 2.25 bits per heavy atom. The van der Waals surface area contributed by atoms with Gasteiger partial charge in [-0.2, -0.15) is 0 Å². The molecular formula is C44H67N3O10. The van der Waals surface area contributed by atoms with Crippen molar-refractivity contribution in [1.82, 2.24) is 15.0 Å². The highest BCUT2D eigenvalue weighted by Gasteiger charge is 2.59. The topological polar surface area (TPSA) is 154 Å². The molecule has 5 aliphatic rings. The summed E-state index contributed by atoms with van der Waals surface area (Å²) in [6, 6.07) is 0.171. The number of aromatic nitrogens is 3. The van der Waals surface area contributed by atoms with Crippen LogP contribution < -0.4 is 0 Å². The molecule has 0 radical (unpaired) electrons. The fraction of sp³-hybridized carbons (Fsp3) is 0.818. The molecule has 3 saturated carbocycles. The first-order valence-electron chi connectivity index (χ1n) is 21.5. The summed E-state index contributed by atoms with van der Waals surface area (Å²) in [7, 11) is 0. The molecule has 1 aromatic rings. The van der Waals surface area contributed by atoms with Gasteiger partial charge in [0.25, 0.3) is 0 Å². The maximum atomic E-state index is 12.2. The standard InChI is InChI=1S/C44H67N3O10/c1-25(2)11-10-12-26(3)35-15-16-36-34-14-13-31-21-33(17-19-43(31,8)37(34)18-20-44(35,36)9)47-22-32(45-46-47)23-53-42-41(56-30(7)51)40(55-29(6)50)39(54-28(5)49)38(57-42)24-52-27(4)48/h13,22,25-26,33-42H,10-12,14-21,23-24H2,1-9H3/t26-,33+,34+,35-,36+,37+,38?,39?,40?,41?,42?,43+,44-/m1/s1. The molecule has 318 valence electrons. The number of hydrogen-bond donors (Lipinski definition) is 0. The highest BCUT2D eigenvalue weighted by atomic mass is 16.7. The van der Waals surface area contributed by atoms with Crippen molar-refractivity contribution in [2.24, 2.45) is 46.3 Å². The van der Waals surface area contributed by atoms with Crippen LogP contribution >= 0.6 is 0 Å². The van der Waals surface area contributed by atoms with Crippen molar-refractivity contribution >= 4 is 23.9 Å². The molecule has 13 heteroatoms. The Labute approximate surface area is 338 Å². The molecule has 13 atom stereocenters. The van der Waals surface area contributed by atoms with Crippen LogP contribution in [0.25, 0.3) is 0 Å². The van der Waals surface area contributed by atoms with Gasteiger partial charge >= 0.3 is 23.9 Å². The van der Waals surface area contributed by atoms with Crippen molar-refractivity contribution in [2.45, 2.75) is 176 Å². The summed E-state index contributed by atoms with van der Waals surface area (Å²) in [6.07, 6.45) is 12.1. The molecule has 0 N–H and O–H groups in total. The van der Waals surface area contributed by atoms with Gasteiger partial charge in [0, 0.05) is 27.7 Å². The Hall–Kier alpha value is -3.32. The number of esters is 4. The first kappa shape index (κ1) is 43.3. The summed E-state index contributed by atoms with van der Waals surface area (Å²) in [5.41, 5.74) is 2.79. The van der Waals surface area contributed by atoms with Gasteiger partial charge in [-0.05, 0) is 97.7 Å². The van der Waals surface area contributed by atoms with Gasteiger partial charge in [-0.1, -0.05) is 70.7 Å². The minimum Gasteiger partial charge on any atom is -0.463 e. The predicted octanol–water partition coefficient (Wildman–Crippen LogP) is 7.46. The smallest absolute Gasteiger partial charge is 0.303 e. The van der Waals surface area contributed by atoms with E-state index in [0.717, 1.165) is 54.8 Å². The molecule has 1 aliphatic heterocycles. The Morgan fingerprint density at radius 1 is 0.860 bits per heavy atom. The maximum absolute atomic E-state index is 12.2. The monoisotopic (exact) mass is 797 g/mol. The fourth-order valence-electron chi connectivity index (χ4n) is 11.9. The van der Waals surface area contributed by atoms with E-state index >= 15 is 0 Å². The lowest BCUT2D eigenvalue weighted by Crippen LogP contribution is -2.62. The summed E-state index contributed by atoms with van der Waals surface area (Å²) in [6.45, 7) is 16.8. The molecule has 57 heavy (non-hydrogen) atoms. The number of hydrogen-bond acceptors (Lipinski definition) is 12. The normalized spacial score (nSPS) is 36.6. The molecule has 4 fully saturated rings. The van der Waals surface area contributed by atoms with Crippen LogP contribution in [0, 0.1) is 46.3 Å². The second kappa shape index (κ2) is 17.9. The molecule has 1 saturated heterocycles. The summed E-state index contributed by atoms with van der Waals surface area (Å²) in [4.78, 5) is 48.2. The van der Waals surface area contributed by atoms with Gasteiger partial charge in [-0.3, -0.25) is 19.2 Å². The van der Waals surface area contributed by atoms with Crippen LogP contribution in [-0.2, 0) is 54.2 Å². The molecule has 13 nitrogen and oxygen atoms in total. The molecule has 1 aromatic heterocycles. The van der Waals surface area contributed by atoms with Crippen molar-refractivity contribution in [1.29, 1.82) is 0 Å². The number of nitrogens with zero attached hydrogens (tertiary/aromatic N) is 3. The van der Waals surface area contributed by atoms with Crippen LogP contribution in [0.15, 0.2) is 17.8 Å². The number of carbonyl (C=O) groups is 4. The average molecular weight is 798 g/mol. The second-order valence-electron chi connectivity index (χ2n) is 18.8. The average Bonchev–Trinajstić information content (AvgIpc) is 3.75. The van der Waals surface area contributed by atoms with Gasteiger partial charge in [0.15, 0.2) is 24.6 Å². The number of ether oxygens (including phenoxy) is 6. The van der Waals surface area contributed by atoms with Gasteiger partial charge in [0.05, 0.1) is 18.8 Å². The van der Waals surface area contributed by atoms with E-state index in [4.69, 9.17) is 28.4 Å². The van der Waals surface area contributed by atoms with Crippen LogP contribution in [0.1, 0.15) is 145 Å². The predicted molar refractivity (Wildman–Crippen MR) is 209 cm³/mol. The van der Waals surface area contributed by atoms with Crippen molar-refractivity contribution in [3.63, 3.8) is 0 Å². The van der Waals surface area contributed by atoms with Crippen LogP contribution in [0.4, 0.5) is 0 Å². The third-order valence-corrected chi connectivity index (χ3v) is 14.6. The highest BCUT2D eigenvalue weighted by Crippen LogP contribution is 2.67. The lowest BCUT2D eigenvalue weighted by atomic mass is 9.47. The zero-order chi connectivity index (χ0) is 41.2. The van der Waals surface area contributed by atoms with E-state index in [1.54, 1.807) is 5.57 Å². The largest absolute Gasteiger partial charge is 0.463 e. The van der Waals surface area contributed by atoms with Crippen molar-refractivity contribution in [2.75, 3.05) is 6.61 Å². The SMILES string of the molecule is CC(=O)OCC1OC(OCc2cn([C@H]3CC[C@@]4(C)C(=CC[C@H]5[C@@H]6CC[C@H]([C@H](C)CCCC(C)C)[C@@]6(C)CC[C@@H]54)C3)nn2)C(OC(C)=O)C(OC(C)=O)C1OC(C)=O. The van der Waals surface area contributed by atoms with Crippen LogP contribution in [0.3, 0.4) is 0 Å². The summed E-state index contributed by atoms with van der Waals surface area (Å²) in [5.74, 6) is 2.08. The zero-order valence-corrected chi connectivity index (χ0v) is 35.7. The number of rotatable bonds is 14. The minimum atomic E-state index is -1.30. The Bertz CT molecular complexity index is 1640. The van der Waals surface area contributed by atoms with Crippen LogP contribution in [0.5, 0.6) is 0 Å². The lowest BCUT2D eigenvalue weighted by Gasteiger charge is -2.58. The fourth-order valence-corrected chi connectivity index (χ4v) is 11.9. The number of carbonyl (C=O) groups excluding carboxylic acids is 4. The van der Waals surface area contributed by atoms with E-state index in [1.165, 1.54) is 79.1 Å². The van der Waals surface area contributed by atoms with E-state index in [0.29, 0.717) is 11.1 Å². The molecular weight excluding hydrogens is 730 g/mol. The molecule has 0 spiro atoms. The summed E-state index contributed by atoms with van der Waals surface area (Å²) in [5, 5.41) is 8.96. The Balaban J connectivity index is 1.12. The van der Waals surface area contributed by atoms with E-state index in [2.05, 4.69) is 51.0 Å². The van der Waals surface area contributed by atoms with E-state index in [-0.39, 0.29) is 24.7 Å². The third kappa shape index (κ3) is 9.45. The molecule has 4 aliphatic carbocycles. The molecule has 0 aromatic carbocycles. The Kier molecular flexibility index (Phi) is 13.6. The lowest BCUT2D eigenvalue weighted by molar-refractivity contribution is -0.310. The zero-order valence-electron chi connectivity index (χ0n) is 35.7. The van der Waals surface area contributed by atoms with Gasteiger partial charge in [0.2, 0.25) is 0 Å². The Morgan fingerprint density at radius 2 is 1.56 bits per heavy atom. The third-order valence-electron chi connectivity index (χ3n) is 14.6. The second-order valence-corrected chi connectivity index (χ2v) is 18.8. The molecule has 5 unspecified atom stereocenters. The van der Waals surface area contributed by atoms with Crippen LogP contribution in [0.2, 0.25) is 0 Å². The summed E-state index contributed by atoms with van der Waals surface area (Å²) >= 11 is 0. The van der Waals surface area contributed by atoms with Gasteiger partial charge in [-0.15, -0.1) is 5.10 Å². The molecule has 2 heterocycles. The van der Waals surface area contributed by atoms with Crippen molar-refractivity contribution in [3.8, 4) is 0 Å². The molecule has 6 rings (SSSR count). The first-order valence-corrected chi connectivity index (χ1v) is 21.5. The van der Waals surface area contributed by atoms with E-state index in [1.807, 2.05) is 10.9 Å². The number of fused-ring (bicyclic) bond motifs is 5. The molecule has 0 bridgehead atoms.